The van der Waals surface area contributed by atoms with Gasteiger partial charge in [-0.25, -0.2) is 0 Å². The normalized spacial score (nSPS) is 17.9. The number of aryl methyl sites for hydroxylation is 1. The summed E-state index contributed by atoms with van der Waals surface area (Å²) in [5.74, 6) is 0.705. The van der Waals surface area contributed by atoms with Crippen molar-refractivity contribution in [2.24, 2.45) is 11.8 Å². The monoisotopic (exact) mass is 958 g/mol. The summed E-state index contributed by atoms with van der Waals surface area (Å²) in [6.45, 7) is 2.14. The van der Waals surface area contributed by atoms with Gasteiger partial charge in [-0.1, -0.05) is 248 Å². The van der Waals surface area contributed by atoms with Gasteiger partial charge in [-0.3, -0.25) is 0 Å². The predicted molar refractivity (Wildman–Crippen MR) is 320 cm³/mol. The summed E-state index contributed by atoms with van der Waals surface area (Å²) in [7, 11) is 0. The Morgan fingerprint density at radius 2 is 1.19 bits per heavy atom. The lowest BCUT2D eigenvalue weighted by Gasteiger charge is -2.35. The lowest BCUT2D eigenvalue weighted by molar-refractivity contribution is 0.664. The van der Waals surface area contributed by atoms with Crippen molar-refractivity contribution in [3.63, 3.8) is 0 Å². The third-order valence-corrected chi connectivity index (χ3v) is 14.0. The Hall–Kier alpha value is -8.46. The van der Waals surface area contributed by atoms with Crippen LogP contribution in [0.1, 0.15) is 89.5 Å². The second kappa shape index (κ2) is 24.8. The van der Waals surface area contributed by atoms with Gasteiger partial charge in [0.25, 0.3) is 0 Å². The fourth-order valence-electron chi connectivity index (χ4n) is 9.82. The molecule has 4 aliphatic carbocycles. The molecule has 0 radical (unpaired) electrons. The minimum atomic E-state index is 0.299. The Morgan fingerprint density at radius 3 is 1.81 bits per heavy atom. The standard InChI is InChI=1S/C72H65N2/c1-55-14-11-22-64(52-55)32-31-60-34-43-67(44-35-60)73-72-51-42-65(33-30-58-19-9-4-10-20-58)54-71(72)66-25-13-24-63(53-66)23-12-21-59-36-45-68(46-37-59)74(69-47-38-61(39-48-69)28-26-56-15-5-2-6-16-56)70-49-40-62(41-50-70)29-27-57-17-7-3-8-18-57/h2-3,5-9,11-20,22-34,36,38-41,43,45-54,59,65H,4,10,21,35,37,42,44H2,1H3/q-1/b23-12+,28-26+,29-27+,32-31+,33-30+. The topological polar surface area (TPSA) is 17.3 Å². The molecule has 0 aromatic heterocycles. The summed E-state index contributed by atoms with van der Waals surface area (Å²) >= 11 is 0. The number of hydrogen-bond acceptors (Lipinski definition) is 1. The molecule has 10 rings (SSSR count). The molecule has 74 heavy (non-hydrogen) atoms. The summed E-state index contributed by atoms with van der Waals surface area (Å²) in [6, 6.07) is 56.4. The summed E-state index contributed by atoms with van der Waals surface area (Å²) in [6.07, 6.45) is 52.7. The molecule has 364 valence electrons. The van der Waals surface area contributed by atoms with E-state index in [1.807, 2.05) is 0 Å². The smallest absolute Gasteiger partial charge is 0.0461 e. The largest absolute Gasteiger partial charge is 0.661 e. The van der Waals surface area contributed by atoms with Crippen LogP contribution in [0, 0.1) is 18.8 Å². The van der Waals surface area contributed by atoms with Crippen molar-refractivity contribution in [1.82, 2.24) is 0 Å². The van der Waals surface area contributed by atoms with E-state index < -0.39 is 0 Å². The van der Waals surface area contributed by atoms with Crippen molar-refractivity contribution in [1.29, 1.82) is 0 Å². The summed E-state index contributed by atoms with van der Waals surface area (Å²) in [5, 5.41) is 5.35. The molecule has 6 aromatic rings. The zero-order chi connectivity index (χ0) is 50.2. The second-order valence-electron chi connectivity index (χ2n) is 19.6. The van der Waals surface area contributed by atoms with Gasteiger partial charge < -0.3 is 10.2 Å². The van der Waals surface area contributed by atoms with Crippen LogP contribution in [0.2, 0.25) is 0 Å². The van der Waals surface area contributed by atoms with Gasteiger partial charge in [0.05, 0.1) is 0 Å². The summed E-state index contributed by atoms with van der Waals surface area (Å²) < 4.78 is 0. The van der Waals surface area contributed by atoms with Crippen LogP contribution in [0.25, 0.3) is 47.3 Å². The summed E-state index contributed by atoms with van der Waals surface area (Å²) in [5.41, 5.74) is 19.1. The molecule has 0 saturated heterocycles. The Morgan fingerprint density at radius 1 is 0.541 bits per heavy atom. The van der Waals surface area contributed by atoms with E-state index >= 15 is 0 Å². The molecule has 0 amide bonds. The van der Waals surface area contributed by atoms with Gasteiger partial charge in [0.2, 0.25) is 0 Å². The molecule has 4 aliphatic rings. The highest BCUT2D eigenvalue weighted by molar-refractivity contribution is 5.85. The van der Waals surface area contributed by atoms with E-state index in [2.05, 4.69) is 291 Å². The average molecular weight is 958 g/mol. The average Bonchev–Trinajstić information content (AvgIpc) is 3.45. The van der Waals surface area contributed by atoms with Crippen molar-refractivity contribution in [3.8, 4) is 0 Å². The number of benzene rings is 6. The van der Waals surface area contributed by atoms with E-state index in [4.69, 9.17) is 5.32 Å². The van der Waals surface area contributed by atoms with E-state index in [9.17, 15) is 0 Å². The SMILES string of the molecule is Cc1cccc(/C=C/C2=CC=C([N-]C3=CCC(/C=C/C4=CCCC=C4)C=C3c3cccc(/C=C/CC4C=CC(N(c5ccc(/C=C/c6ccccc6)cc5)c5ccc(/C=C/c6ccccc6)cc5)=CC4)c3)CC2)c1. The molecular weight excluding hydrogens is 893 g/mol. The maximum absolute atomic E-state index is 5.35. The van der Waals surface area contributed by atoms with Gasteiger partial charge >= 0.3 is 0 Å². The molecule has 2 heteroatoms. The molecule has 0 saturated carbocycles. The van der Waals surface area contributed by atoms with Crippen molar-refractivity contribution in [2.75, 3.05) is 4.90 Å². The molecule has 0 heterocycles. The number of hydrogen-bond donors (Lipinski definition) is 0. The zero-order valence-electron chi connectivity index (χ0n) is 42.6. The quantitative estimate of drug-likeness (QED) is 0.0833. The van der Waals surface area contributed by atoms with Crippen LogP contribution in [-0.2, 0) is 0 Å². The van der Waals surface area contributed by atoms with E-state index in [0.29, 0.717) is 11.8 Å². The fourth-order valence-corrected chi connectivity index (χ4v) is 9.82. The molecular formula is C72H65N2-. The third-order valence-electron chi connectivity index (χ3n) is 14.0. The van der Waals surface area contributed by atoms with Gasteiger partial charge in [0, 0.05) is 17.1 Å². The first-order valence-corrected chi connectivity index (χ1v) is 26.5. The molecule has 0 spiro atoms. The van der Waals surface area contributed by atoms with Crippen LogP contribution < -0.4 is 4.90 Å². The second-order valence-corrected chi connectivity index (χ2v) is 19.6. The van der Waals surface area contributed by atoms with Crippen molar-refractivity contribution in [3.05, 3.63) is 321 Å². The molecule has 0 bridgehead atoms. The maximum Gasteiger partial charge on any atom is 0.0461 e. The van der Waals surface area contributed by atoms with Crippen LogP contribution in [-0.4, -0.2) is 0 Å². The summed E-state index contributed by atoms with van der Waals surface area (Å²) in [4.78, 5) is 2.38. The Kier molecular flexibility index (Phi) is 16.5. The van der Waals surface area contributed by atoms with Crippen LogP contribution >= 0.6 is 0 Å². The highest BCUT2D eigenvalue weighted by Crippen LogP contribution is 2.40. The van der Waals surface area contributed by atoms with E-state index in [-0.39, 0.29) is 0 Å². The first-order valence-electron chi connectivity index (χ1n) is 26.5. The molecule has 0 fully saturated rings. The zero-order valence-corrected chi connectivity index (χ0v) is 42.6. The number of nitrogens with zero attached hydrogens (tertiary/aromatic N) is 2. The molecule has 2 atom stereocenters. The lowest BCUT2D eigenvalue weighted by atomic mass is 9.88. The Bertz CT molecular complexity index is 3210. The predicted octanol–water partition coefficient (Wildman–Crippen LogP) is 19.8. The molecule has 2 unspecified atom stereocenters. The number of anilines is 2. The Balaban J connectivity index is 0.830. The Labute approximate surface area is 440 Å². The highest BCUT2D eigenvalue weighted by atomic mass is 15.1. The molecule has 0 N–H and O–H groups in total. The minimum absolute atomic E-state index is 0.299. The van der Waals surface area contributed by atoms with E-state index in [1.54, 1.807) is 0 Å². The van der Waals surface area contributed by atoms with Gasteiger partial charge in [0.15, 0.2) is 0 Å². The number of allylic oxidation sites excluding steroid dienone is 18. The number of rotatable bonds is 17. The fraction of sp³-hybridized carbons (Fsp3) is 0.139. The van der Waals surface area contributed by atoms with E-state index in [0.717, 1.165) is 67.7 Å². The van der Waals surface area contributed by atoms with Gasteiger partial charge in [-0.2, -0.15) is 5.70 Å². The first-order chi connectivity index (χ1) is 36.5. The van der Waals surface area contributed by atoms with Crippen molar-refractivity contribution < 1.29 is 0 Å². The van der Waals surface area contributed by atoms with Gasteiger partial charge in [-0.15, -0.1) is 5.70 Å². The highest BCUT2D eigenvalue weighted by Gasteiger charge is 2.18. The maximum atomic E-state index is 5.35. The van der Waals surface area contributed by atoms with Crippen LogP contribution in [0.5, 0.6) is 0 Å². The van der Waals surface area contributed by atoms with E-state index in [1.165, 1.54) is 66.9 Å². The van der Waals surface area contributed by atoms with Crippen molar-refractivity contribution >= 4 is 53.4 Å². The van der Waals surface area contributed by atoms with Gasteiger partial charge in [-0.05, 0) is 156 Å². The van der Waals surface area contributed by atoms with Gasteiger partial charge in [0.1, 0.15) is 0 Å². The molecule has 0 aliphatic heterocycles. The molecule has 2 nitrogen and oxygen atoms in total. The van der Waals surface area contributed by atoms with Crippen LogP contribution in [0.3, 0.4) is 0 Å². The molecule has 6 aromatic carbocycles. The van der Waals surface area contributed by atoms with Crippen molar-refractivity contribution in [2.45, 2.75) is 51.9 Å². The first kappa shape index (κ1) is 49.1. The third kappa shape index (κ3) is 13.7. The lowest BCUT2D eigenvalue weighted by Crippen LogP contribution is -2.17. The van der Waals surface area contributed by atoms with Crippen LogP contribution in [0.4, 0.5) is 11.4 Å². The minimum Gasteiger partial charge on any atom is -0.661 e. The van der Waals surface area contributed by atoms with Crippen LogP contribution in [0.15, 0.2) is 271 Å².